The zero-order valence-electron chi connectivity index (χ0n) is 9.07. The van der Waals surface area contributed by atoms with Crippen LogP contribution >= 0.6 is 0 Å². The summed E-state index contributed by atoms with van der Waals surface area (Å²) in [6.45, 7) is 0.656. The van der Waals surface area contributed by atoms with E-state index in [4.69, 9.17) is 5.11 Å². The highest BCUT2D eigenvalue weighted by Gasteiger charge is 2.14. The van der Waals surface area contributed by atoms with Crippen LogP contribution in [0.3, 0.4) is 0 Å². The van der Waals surface area contributed by atoms with Crippen LogP contribution in [0.5, 0.6) is 0 Å². The molecule has 1 aliphatic rings. The van der Waals surface area contributed by atoms with Crippen molar-refractivity contribution in [3.8, 4) is 0 Å². The molecule has 1 amide bonds. The van der Waals surface area contributed by atoms with Gasteiger partial charge in [-0.05, 0) is 30.9 Å². The van der Waals surface area contributed by atoms with Gasteiger partial charge in [-0.3, -0.25) is 0 Å². The van der Waals surface area contributed by atoms with Gasteiger partial charge in [-0.15, -0.1) is 0 Å². The molecule has 0 aliphatic carbocycles. The molecule has 4 heteroatoms. The first-order valence-electron chi connectivity index (χ1n) is 5.57. The third-order valence-electron chi connectivity index (χ3n) is 2.88. The number of nitrogens with one attached hydrogen (secondary N) is 2. The zero-order chi connectivity index (χ0) is 11.4. The van der Waals surface area contributed by atoms with Gasteiger partial charge in [0.25, 0.3) is 0 Å². The Bertz CT molecular complexity index is 379. The van der Waals surface area contributed by atoms with Crippen LogP contribution in [0.15, 0.2) is 24.3 Å². The second-order valence-electron chi connectivity index (χ2n) is 4.08. The summed E-state index contributed by atoms with van der Waals surface area (Å²) in [5.41, 5.74) is 2.44. The van der Waals surface area contributed by atoms with Gasteiger partial charge in [0.1, 0.15) is 0 Å². The Morgan fingerprint density at radius 1 is 1.44 bits per heavy atom. The number of fused-ring (bicyclic) bond motifs is 1. The fourth-order valence-corrected chi connectivity index (χ4v) is 2.08. The van der Waals surface area contributed by atoms with Gasteiger partial charge >= 0.3 is 6.09 Å². The van der Waals surface area contributed by atoms with Crippen molar-refractivity contribution in [1.29, 1.82) is 0 Å². The average molecular weight is 220 g/mol. The summed E-state index contributed by atoms with van der Waals surface area (Å²) in [4.78, 5) is 10.6. The van der Waals surface area contributed by atoms with Crippen LogP contribution < -0.4 is 10.6 Å². The van der Waals surface area contributed by atoms with Gasteiger partial charge in [-0.2, -0.15) is 0 Å². The van der Waals surface area contributed by atoms with E-state index in [1.54, 1.807) is 0 Å². The quantitative estimate of drug-likeness (QED) is 0.679. The summed E-state index contributed by atoms with van der Waals surface area (Å²) in [7, 11) is 0. The van der Waals surface area contributed by atoms with Crippen molar-refractivity contribution in [1.82, 2.24) is 5.32 Å². The van der Waals surface area contributed by atoms with Gasteiger partial charge in [0, 0.05) is 18.3 Å². The van der Waals surface area contributed by atoms with E-state index >= 15 is 0 Å². The summed E-state index contributed by atoms with van der Waals surface area (Å²) in [6.07, 6.45) is 1.96. The second kappa shape index (κ2) is 4.88. The van der Waals surface area contributed by atoms with Crippen LogP contribution in [0.4, 0.5) is 10.5 Å². The third-order valence-corrected chi connectivity index (χ3v) is 2.88. The Hall–Kier alpha value is -1.71. The first kappa shape index (κ1) is 10.8. The maximum atomic E-state index is 10.6. The van der Waals surface area contributed by atoms with Crippen LogP contribution in [0.25, 0.3) is 0 Å². The van der Waals surface area contributed by atoms with E-state index in [9.17, 15) is 4.79 Å². The lowest BCUT2D eigenvalue weighted by Crippen LogP contribution is -2.39. The molecular weight excluding hydrogens is 204 g/mol. The molecule has 0 saturated carbocycles. The smallest absolute Gasteiger partial charge is 0.404 e. The van der Waals surface area contributed by atoms with E-state index < -0.39 is 6.09 Å². The fraction of sp³-hybridized carbons (Fsp3) is 0.417. The number of hydrogen-bond acceptors (Lipinski definition) is 2. The van der Waals surface area contributed by atoms with Crippen LogP contribution in [0.1, 0.15) is 18.4 Å². The molecule has 1 atom stereocenters. The second-order valence-corrected chi connectivity index (χ2v) is 4.08. The highest BCUT2D eigenvalue weighted by Crippen LogP contribution is 2.20. The van der Waals surface area contributed by atoms with Crippen LogP contribution in [0.2, 0.25) is 0 Å². The molecular formula is C12H16N2O2. The molecule has 2 rings (SSSR count). The van der Waals surface area contributed by atoms with Crippen molar-refractivity contribution in [3.05, 3.63) is 29.8 Å². The van der Waals surface area contributed by atoms with E-state index in [2.05, 4.69) is 16.7 Å². The van der Waals surface area contributed by atoms with E-state index in [1.165, 1.54) is 5.56 Å². The molecule has 1 aliphatic heterocycles. The van der Waals surface area contributed by atoms with E-state index in [-0.39, 0.29) is 6.04 Å². The molecule has 16 heavy (non-hydrogen) atoms. The number of benzene rings is 1. The minimum absolute atomic E-state index is 0.00542. The summed E-state index contributed by atoms with van der Waals surface area (Å²) in [5.74, 6) is 0. The van der Waals surface area contributed by atoms with Crippen molar-refractivity contribution in [2.75, 3.05) is 11.9 Å². The normalized spacial score (nSPS) is 19.9. The van der Waals surface area contributed by atoms with E-state index in [0.29, 0.717) is 6.54 Å². The summed E-state index contributed by atoms with van der Waals surface area (Å²) < 4.78 is 0. The molecule has 1 unspecified atom stereocenters. The van der Waals surface area contributed by atoms with Crippen molar-refractivity contribution >= 4 is 11.8 Å². The van der Waals surface area contributed by atoms with Gasteiger partial charge in [0.15, 0.2) is 0 Å². The van der Waals surface area contributed by atoms with Crippen LogP contribution in [0, 0.1) is 0 Å². The number of amides is 1. The molecule has 0 saturated heterocycles. The predicted octanol–water partition coefficient (Wildman–Crippen LogP) is 2.07. The minimum atomic E-state index is -0.944. The lowest BCUT2D eigenvalue weighted by atomic mass is 10.0. The SMILES string of the molecule is O=C(O)NC1CCCc2ccccc2NC1. The van der Waals surface area contributed by atoms with E-state index in [0.717, 1.165) is 24.9 Å². The number of aryl methyl sites for hydroxylation is 1. The Balaban J connectivity index is 2.04. The van der Waals surface area contributed by atoms with Gasteiger partial charge in [-0.25, -0.2) is 4.79 Å². The number of rotatable bonds is 1. The number of carbonyl (C=O) groups is 1. The molecule has 0 aromatic heterocycles. The van der Waals surface area contributed by atoms with Crippen molar-refractivity contribution in [3.63, 3.8) is 0 Å². The van der Waals surface area contributed by atoms with Crippen molar-refractivity contribution in [2.24, 2.45) is 0 Å². The number of hydrogen-bond donors (Lipinski definition) is 3. The molecule has 1 aromatic carbocycles. The Morgan fingerprint density at radius 3 is 3.06 bits per heavy atom. The van der Waals surface area contributed by atoms with Gasteiger partial charge in [0.2, 0.25) is 0 Å². The largest absolute Gasteiger partial charge is 0.465 e. The Labute approximate surface area is 94.7 Å². The van der Waals surface area contributed by atoms with Gasteiger partial charge < -0.3 is 15.7 Å². The van der Waals surface area contributed by atoms with E-state index in [1.807, 2.05) is 18.2 Å². The molecule has 0 bridgehead atoms. The number of carboxylic acid groups (broad SMARTS) is 1. The monoisotopic (exact) mass is 220 g/mol. The molecule has 1 heterocycles. The maximum absolute atomic E-state index is 10.6. The Kier molecular flexibility index (Phi) is 3.29. The summed E-state index contributed by atoms with van der Waals surface area (Å²) >= 11 is 0. The molecule has 1 aromatic rings. The fourth-order valence-electron chi connectivity index (χ4n) is 2.08. The number of anilines is 1. The van der Waals surface area contributed by atoms with Gasteiger partial charge in [0.05, 0.1) is 0 Å². The first-order chi connectivity index (χ1) is 7.75. The van der Waals surface area contributed by atoms with Crippen LogP contribution in [-0.2, 0) is 6.42 Å². The maximum Gasteiger partial charge on any atom is 0.404 e. The molecule has 0 radical (unpaired) electrons. The first-order valence-corrected chi connectivity index (χ1v) is 5.57. The van der Waals surface area contributed by atoms with Crippen molar-refractivity contribution in [2.45, 2.75) is 25.3 Å². The van der Waals surface area contributed by atoms with Gasteiger partial charge in [-0.1, -0.05) is 18.2 Å². The zero-order valence-corrected chi connectivity index (χ0v) is 9.07. The average Bonchev–Trinajstić information content (AvgIpc) is 2.23. The highest BCUT2D eigenvalue weighted by molar-refractivity contribution is 5.65. The topological polar surface area (TPSA) is 61.4 Å². The molecule has 0 fully saturated rings. The summed E-state index contributed by atoms with van der Waals surface area (Å²) in [5, 5.41) is 14.5. The molecule has 3 N–H and O–H groups in total. The number of para-hydroxylation sites is 1. The van der Waals surface area contributed by atoms with Crippen molar-refractivity contribution < 1.29 is 9.90 Å². The Morgan fingerprint density at radius 2 is 2.25 bits per heavy atom. The van der Waals surface area contributed by atoms with Crippen LogP contribution in [-0.4, -0.2) is 23.8 Å². The minimum Gasteiger partial charge on any atom is -0.465 e. The third kappa shape index (κ3) is 2.66. The highest BCUT2D eigenvalue weighted by atomic mass is 16.4. The lowest BCUT2D eigenvalue weighted by molar-refractivity contribution is 0.189. The molecule has 4 nitrogen and oxygen atoms in total. The molecule has 0 spiro atoms. The lowest BCUT2D eigenvalue weighted by Gasteiger charge is -2.22. The summed E-state index contributed by atoms with van der Waals surface area (Å²) in [6, 6.07) is 8.19. The molecule has 86 valence electrons. The predicted molar refractivity (Wildman–Crippen MR) is 62.8 cm³/mol. The standard InChI is InChI=1S/C12H16N2O2/c15-12(16)14-10-6-3-5-9-4-1-2-7-11(9)13-8-10/h1-2,4,7,10,13-14H,3,5-6,8H2,(H,15,16).